The predicted octanol–water partition coefficient (Wildman–Crippen LogP) is 2.77. The molecule has 1 amide bonds. The van der Waals surface area contributed by atoms with E-state index in [9.17, 15) is 18.0 Å². The standard InChI is InChI=1S/C20H19F3N8O/c1-12-9-16(30-29-12)26-18-25-15(27-19(28-18)31-8-7-24-17(32)11-31)6-5-13-3-2-4-14(10-13)20(21,22)23/h2-6,9-10H,7-8,11H2,1H3,(H,24,32)(H2,25,26,27,28,29,30)/b6-5+. The van der Waals surface area contributed by atoms with E-state index in [1.165, 1.54) is 18.2 Å². The lowest BCUT2D eigenvalue weighted by Gasteiger charge is -2.26. The number of H-pyrrole nitrogens is 1. The van der Waals surface area contributed by atoms with Crippen LogP contribution in [0, 0.1) is 6.92 Å². The summed E-state index contributed by atoms with van der Waals surface area (Å²) in [6, 6.07) is 6.69. The van der Waals surface area contributed by atoms with Gasteiger partial charge in [-0.15, -0.1) is 0 Å². The van der Waals surface area contributed by atoms with Gasteiger partial charge in [-0.05, 0) is 30.7 Å². The average Bonchev–Trinajstić information content (AvgIpc) is 3.16. The lowest BCUT2D eigenvalue weighted by atomic mass is 10.1. The Morgan fingerprint density at radius 2 is 2.00 bits per heavy atom. The van der Waals surface area contributed by atoms with Gasteiger partial charge >= 0.3 is 6.18 Å². The first-order valence-electron chi connectivity index (χ1n) is 9.68. The van der Waals surface area contributed by atoms with Crippen LogP contribution in [0.25, 0.3) is 12.2 Å². The molecule has 3 heterocycles. The maximum absolute atomic E-state index is 13.0. The molecule has 166 valence electrons. The number of halogens is 3. The summed E-state index contributed by atoms with van der Waals surface area (Å²) in [6.07, 6.45) is -1.46. The van der Waals surface area contributed by atoms with Crippen molar-refractivity contribution >= 4 is 35.8 Å². The number of nitrogens with one attached hydrogen (secondary N) is 3. The largest absolute Gasteiger partial charge is 0.416 e. The first-order valence-corrected chi connectivity index (χ1v) is 9.68. The molecule has 1 aromatic carbocycles. The molecule has 12 heteroatoms. The molecule has 0 unspecified atom stereocenters. The Bertz CT molecular complexity index is 1160. The van der Waals surface area contributed by atoms with E-state index in [1.54, 1.807) is 17.0 Å². The maximum Gasteiger partial charge on any atom is 0.416 e. The van der Waals surface area contributed by atoms with Crippen molar-refractivity contribution in [1.82, 2.24) is 30.5 Å². The number of anilines is 3. The van der Waals surface area contributed by atoms with Crippen LogP contribution in [0.15, 0.2) is 30.3 Å². The van der Waals surface area contributed by atoms with Gasteiger partial charge in [-0.2, -0.15) is 33.2 Å². The van der Waals surface area contributed by atoms with Crippen LogP contribution in [0.5, 0.6) is 0 Å². The summed E-state index contributed by atoms with van der Waals surface area (Å²) in [5.74, 6) is 1.01. The number of aromatic amines is 1. The number of hydrogen-bond acceptors (Lipinski definition) is 7. The SMILES string of the molecule is Cc1cc(Nc2nc(/C=C/c3cccc(C(F)(F)F)c3)nc(N3CCNC(=O)C3)n2)n[nH]1. The van der Waals surface area contributed by atoms with Crippen LogP contribution in [0.4, 0.5) is 30.9 Å². The van der Waals surface area contributed by atoms with Crippen molar-refractivity contribution in [3.63, 3.8) is 0 Å². The highest BCUT2D eigenvalue weighted by Gasteiger charge is 2.30. The van der Waals surface area contributed by atoms with Gasteiger partial charge in [-0.3, -0.25) is 9.89 Å². The molecule has 2 aromatic heterocycles. The van der Waals surface area contributed by atoms with Crippen molar-refractivity contribution in [3.8, 4) is 0 Å². The molecule has 0 aliphatic carbocycles. The Morgan fingerprint density at radius 1 is 1.16 bits per heavy atom. The molecule has 0 radical (unpaired) electrons. The zero-order valence-corrected chi connectivity index (χ0v) is 16.9. The third-order valence-corrected chi connectivity index (χ3v) is 4.55. The Morgan fingerprint density at radius 3 is 2.72 bits per heavy atom. The van der Waals surface area contributed by atoms with E-state index in [4.69, 9.17) is 0 Å². The van der Waals surface area contributed by atoms with E-state index in [0.29, 0.717) is 24.5 Å². The van der Waals surface area contributed by atoms with Gasteiger partial charge in [0.1, 0.15) is 0 Å². The molecule has 9 nitrogen and oxygen atoms in total. The molecule has 1 saturated heterocycles. The minimum Gasteiger partial charge on any atom is -0.353 e. The van der Waals surface area contributed by atoms with Gasteiger partial charge in [0, 0.05) is 24.8 Å². The molecule has 32 heavy (non-hydrogen) atoms. The van der Waals surface area contributed by atoms with Gasteiger partial charge < -0.3 is 15.5 Å². The molecule has 0 saturated carbocycles. The number of piperazine rings is 1. The van der Waals surface area contributed by atoms with E-state index >= 15 is 0 Å². The number of rotatable bonds is 5. The van der Waals surface area contributed by atoms with Crippen molar-refractivity contribution in [2.75, 3.05) is 29.9 Å². The van der Waals surface area contributed by atoms with E-state index in [0.717, 1.165) is 17.8 Å². The van der Waals surface area contributed by atoms with Crippen molar-refractivity contribution in [2.45, 2.75) is 13.1 Å². The molecule has 0 bridgehead atoms. The second-order valence-electron chi connectivity index (χ2n) is 7.11. The number of benzene rings is 1. The summed E-state index contributed by atoms with van der Waals surface area (Å²) >= 11 is 0. The number of carbonyl (C=O) groups is 1. The quantitative estimate of drug-likeness (QED) is 0.555. The van der Waals surface area contributed by atoms with Crippen LogP contribution in [0.1, 0.15) is 22.6 Å². The van der Waals surface area contributed by atoms with Crippen LogP contribution < -0.4 is 15.5 Å². The summed E-state index contributed by atoms with van der Waals surface area (Å²) in [7, 11) is 0. The van der Waals surface area contributed by atoms with E-state index < -0.39 is 11.7 Å². The summed E-state index contributed by atoms with van der Waals surface area (Å²) in [4.78, 5) is 26.5. The summed E-state index contributed by atoms with van der Waals surface area (Å²) in [6.45, 7) is 2.88. The van der Waals surface area contributed by atoms with Gasteiger partial charge in [-0.1, -0.05) is 18.2 Å². The second kappa shape index (κ2) is 8.65. The van der Waals surface area contributed by atoms with Crippen LogP contribution >= 0.6 is 0 Å². The molecular weight excluding hydrogens is 425 g/mol. The van der Waals surface area contributed by atoms with Crippen LogP contribution in [-0.2, 0) is 11.0 Å². The summed E-state index contributed by atoms with van der Waals surface area (Å²) in [5.41, 5.74) is 0.433. The molecule has 1 aliphatic heterocycles. The monoisotopic (exact) mass is 444 g/mol. The Balaban J connectivity index is 1.65. The summed E-state index contributed by atoms with van der Waals surface area (Å²) < 4.78 is 38.9. The zero-order chi connectivity index (χ0) is 22.7. The van der Waals surface area contributed by atoms with E-state index in [-0.39, 0.29) is 30.2 Å². The highest BCUT2D eigenvalue weighted by Crippen LogP contribution is 2.30. The first-order chi connectivity index (χ1) is 15.3. The van der Waals surface area contributed by atoms with Crippen LogP contribution in [0.3, 0.4) is 0 Å². The predicted molar refractivity (Wildman–Crippen MR) is 112 cm³/mol. The molecule has 4 rings (SSSR count). The molecule has 1 fully saturated rings. The lowest BCUT2D eigenvalue weighted by molar-refractivity contribution is -0.137. The molecule has 1 aliphatic rings. The van der Waals surface area contributed by atoms with Gasteiger partial charge in [0.2, 0.25) is 17.8 Å². The van der Waals surface area contributed by atoms with Crippen LogP contribution in [0.2, 0.25) is 0 Å². The highest BCUT2D eigenvalue weighted by molar-refractivity contribution is 5.82. The van der Waals surface area contributed by atoms with Crippen molar-refractivity contribution < 1.29 is 18.0 Å². The number of aromatic nitrogens is 5. The number of carbonyl (C=O) groups excluding carboxylic acids is 1. The molecule has 3 N–H and O–H groups in total. The number of hydrogen-bond donors (Lipinski definition) is 3. The fourth-order valence-electron chi connectivity index (χ4n) is 3.05. The van der Waals surface area contributed by atoms with Crippen molar-refractivity contribution in [1.29, 1.82) is 0 Å². The lowest BCUT2D eigenvalue weighted by Crippen LogP contribution is -2.48. The minimum absolute atomic E-state index is 0.0851. The minimum atomic E-state index is -4.43. The third kappa shape index (κ3) is 5.20. The van der Waals surface area contributed by atoms with Crippen LogP contribution in [-0.4, -0.2) is 50.7 Å². The number of nitrogens with zero attached hydrogens (tertiary/aromatic N) is 5. The second-order valence-corrected chi connectivity index (χ2v) is 7.11. The number of alkyl halides is 3. The van der Waals surface area contributed by atoms with Gasteiger partial charge in [0.05, 0.1) is 12.1 Å². The first kappa shape index (κ1) is 21.3. The normalized spacial score (nSPS) is 14.6. The van der Waals surface area contributed by atoms with Crippen molar-refractivity contribution in [3.05, 3.63) is 53.0 Å². The fraction of sp³-hybridized carbons (Fsp3) is 0.250. The topological polar surface area (TPSA) is 112 Å². The summed E-state index contributed by atoms with van der Waals surface area (Å²) in [5, 5.41) is 12.6. The zero-order valence-electron chi connectivity index (χ0n) is 16.9. The Hall–Kier alpha value is -3.96. The van der Waals surface area contributed by atoms with Gasteiger partial charge in [0.25, 0.3) is 0 Å². The van der Waals surface area contributed by atoms with Gasteiger partial charge in [0.15, 0.2) is 11.6 Å². The molecule has 0 spiro atoms. The number of aryl methyl sites for hydroxylation is 1. The van der Waals surface area contributed by atoms with Gasteiger partial charge in [-0.25, -0.2) is 0 Å². The molecular formula is C20H19F3N8O. The molecule has 3 aromatic rings. The average molecular weight is 444 g/mol. The van der Waals surface area contributed by atoms with Crippen molar-refractivity contribution in [2.24, 2.45) is 0 Å². The van der Waals surface area contributed by atoms with E-state index in [2.05, 4.69) is 35.8 Å². The Kier molecular flexibility index (Phi) is 5.75. The van der Waals surface area contributed by atoms with E-state index in [1.807, 2.05) is 6.92 Å². The highest BCUT2D eigenvalue weighted by atomic mass is 19.4. The fourth-order valence-corrected chi connectivity index (χ4v) is 3.05. The maximum atomic E-state index is 13.0. The smallest absolute Gasteiger partial charge is 0.353 e. The molecule has 0 atom stereocenters. The number of amides is 1. The Labute approximate surface area is 180 Å². The third-order valence-electron chi connectivity index (χ3n) is 4.55.